The van der Waals surface area contributed by atoms with Gasteiger partial charge < -0.3 is 10.4 Å². The quantitative estimate of drug-likeness (QED) is 0.600. The summed E-state index contributed by atoms with van der Waals surface area (Å²) in [5, 5.41) is 11.4. The smallest absolute Gasteiger partial charge is 0.320 e. The van der Waals surface area contributed by atoms with Crippen molar-refractivity contribution in [2.24, 2.45) is 0 Å². The average molecular weight is 166 g/mol. The van der Waals surface area contributed by atoms with Crippen LogP contribution in [-0.2, 0) is 4.79 Å². The molecule has 60 valence electrons. The van der Waals surface area contributed by atoms with Crippen molar-refractivity contribution in [2.45, 2.75) is 31.8 Å². The lowest BCUT2D eigenvalue weighted by atomic mass is 10.2. The number of rotatable bonds is 1. The van der Waals surface area contributed by atoms with Crippen LogP contribution in [0.4, 0.5) is 0 Å². The molecule has 0 radical (unpaired) electrons. The van der Waals surface area contributed by atoms with E-state index in [1.165, 1.54) is 0 Å². The molecule has 0 aromatic carbocycles. The SMILES string of the molecule is CC1CC[C@@H](C(=O)O)N1.Cl. The molecule has 0 aromatic heterocycles. The number of carbonyl (C=O) groups is 1. The molecule has 0 bridgehead atoms. The monoisotopic (exact) mass is 165 g/mol. The van der Waals surface area contributed by atoms with Gasteiger partial charge in [-0.3, -0.25) is 4.79 Å². The normalized spacial score (nSPS) is 31.3. The first kappa shape index (κ1) is 9.72. The standard InChI is InChI=1S/C6H11NO2.ClH/c1-4-2-3-5(7-4)6(8)9;/h4-5,7H,2-3H2,1H3,(H,8,9);1H/t4?,5-;/m0./s1. The molecule has 1 aliphatic heterocycles. The fourth-order valence-electron chi connectivity index (χ4n) is 1.12. The molecular weight excluding hydrogens is 154 g/mol. The summed E-state index contributed by atoms with van der Waals surface area (Å²) < 4.78 is 0. The zero-order chi connectivity index (χ0) is 6.85. The van der Waals surface area contributed by atoms with E-state index in [2.05, 4.69) is 5.32 Å². The van der Waals surface area contributed by atoms with E-state index in [9.17, 15) is 4.79 Å². The van der Waals surface area contributed by atoms with Crippen LogP contribution < -0.4 is 5.32 Å². The van der Waals surface area contributed by atoms with Crippen LogP contribution in [-0.4, -0.2) is 23.2 Å². The number of hydrogen-bond donors (Lipinski definition) is 2. The summed E-state index contributed by atoms with van der Waals surface area (Å²) in [4.78, 5) is 10.3. The summed E-state index contributed by atoms with van der Waals surface area (Å²) in [6.45, 7) is 2.00. The highest BCUT2D eigenvalue weighted by Crippen LogP contribution is 2.10. The highest BCUT2D eigenvalue weighted by atomic mass is 35.5. The molecule has 0 amide bonds. The van der Waals surface area contributed by atoms with Crippen LogP contribution in [0.5, 0.6) is 0 Å². The zero-order valence-corrected chi connectivity index (χ0v) is 6.65. The van der Waals surface area contributed by atoms with E-state index in [1.54, 1.807) is 0 Å². The van der Waals surface area contributed by atoms with Gasteiger partial charge in [-0.05, 0) is 19.8 Å². The van der Waals surface area contributed by atoms with Crippen LogP contribution in [0.1, 0.15) is 19.8 Å². The van der Waals surface area contributed by atoms with E-state index in [0.717, 1.165) is 12.8 Å². The van der Waals surface area contributed by atoms with Gasteiger partial charge in [0.1, 0.15) is 6.04 Å². The summed E-state index contributed by atoms with van der Waals surface area (Å²) >= 11 is 0. The second-order valence-electron chi connectivity index (χ2n) is 2.54. The van der Waals surface area contributed by atoms with Crippen LogP contribution in [0.15, 0.2) is 0 Å². The van der Waals surface area contributed by atoms with Gasteiger partial charge in [0.2, 0.25) is 0 Å². The Kier molecular flexibility index (Phi) is 3.68. The van der Waals surface area contributed by atoms with Crippen molar-refractivity contribution < 1.29 is 9.90 Å². The third-order valence-corrected chi connectivity index (χ3v) is 1.67. The Balaban J connectivity index is 0.000000810. The lowest BCUT2D eigenvalue weighted by Gasteiger charge is -2.03. The van der Waals surface area contributed by atoms with E-state index < -0.39 is 5.97 Å². The van der Waals surface area contributed by atoms with Gasteiger partial charge in [-0.15, -0.1) is 12.4 Å². The zero-order valence-electron chi connectivity index (χ0n) is 5.83. The molecule has 1 heterocycles. The maximum absolute atomic E-state index is 10.3. The van der Waals surface area contributed by atoms with Gasteiger partial charge in [0.15, 0.2) is 0 Å². The topological polar surface area (TPSA) is 49.3 Å². The van der Waals surface area contributed by atoms with E-state index in [-0.39, 0.29) is 18.4 Å². The van der Waals surface area contributed by atoms with E-state index >= 15 is 0 Å². The van der Waals surface area contributed by atoms with Crippen molar-refractivity contribution in [1.29, 1.82) is 0 Å². The summed E-state index contributed by atoms with van der Waals surface area (Å²) in [5.41, 5.74) is 0. The van der Waals surface area contributed by atoms with Gasteiger partial charge in [0.25, 0.3) is 0 Å². The van der Waals surface area contributed by atoms with Crippen LogP contribution in [0.2, 0.25) is 0 Å². The first-order valence-corrected chi connectivity index (χ1v) is 3.19. The fraction of sp³-hybridized carbons (Fsp3) is 0.833. The van der Waals surface area contributed by atoms with E-state index in [1.807, 2.05) is 6.92 Å². The molecule has 0 aromatic rings. The van der Waals surface area contributed by atoms with Crippen molar-refractivity contribution in [1.82, 2.24) is 5.32 Å². The minimum absolute atomic E-state index is 0. The second kappa shape index (κ2) is 3.78. The molecule has 1 rings (SSSR count). The molecule has 10 heavy (non-hydrogen) atoms. The van der Waals surface area contributed by atoms with Gasteiger partial charge in [-0.1, -0.05) is 0 Å². The maximum Gasteiger partial charge on any atom is 0.320 e. The highest BCUT2D eigenvalue weighted by Gasteiger charge is 2.25. The molecule has 0 aliphatic carbocycles. The summed E-state index contributed by atoms with van der Waals surface area (Å²) in [6.07, 6.45) is 1.76. The van der Waals surface area contributed by atoms with Crippen molar-refractivity contribution in [3.8, 4) is 0 Å². The van der Waals surface area contributed by atoms with Gasteiger partial charge in [-0.2, -0.15) is 0 Å². The van der Waals surface area contributed by atoms with Crippen LogP contribution in [0, 0.1) is 0 Å². The molecule has 1 fully saturated rings. The highest BCUT2D eigenvalue weighted by molar-refractivity contribution is 5.85. The predicted molar refractivity (Wildman–Crippen MR) is 40.5 cm³/mol. The third-order valence-electron chi connectivity index (χ3n) is 1.67. The maximum atomic E-state index is 10.3. The Morgan fingerprint density at radius 3 is 2.40 bits per heavy atom. The number of carboxylic acids is 1. The predicted octanol–water partition coefficient (Wildman–Crippen LogP) is 0.633. The van der Waals surface area contributed by atoms with Crippen molar-refractivity contribution in [2.75, 3.05) is 0 Å². The molecule has 3 nitrogen and oxygen atoms in total. The Bertz CT molecular complexity index is 129. The Hall–Kier alpha value is -0.280. The lowest BCUT2D eigenvalue weighted by Crippen LogP contribution is -2.33. The van der Waals surface area contributed by atoms with Crippen molar-refractivity contribution in [3.05, 3.63) is 0 Å². The Morgan fingerprint density at radius 1 is 1.60 bits per heavy atom. The van der Waals surface area contributed by atoms with E-state index in [0.29, 0.717) is 6.04 Å². The fourth-order valence-corrected chi connectivity index (χ4v) is 1.12. The number of nitrogens with one attached hydrogen (secondary N) is 1. The van der Waals surface area contributed by atoms with E-state index in [4.69, 9.17) is 5.11 Å². The first-order chi connectivity index (χ1) is 4.20. The molecule has 1 unspecified atom stereocenters. The minimum Gasteiger partial charge on any atom is -0.480 e. The van der Waals surface area contributed by atoms with Gasteiger partial charge in [-0.25, -0.2) is 0 Å². The molecule has 0 saturated carbocycles. The van der Waals surface area contributed by atoms with Gasteiger partial charge >= 0.3 is 5.97 Å². The third kappa shape index (κ3) is 2.15. The van der Waals surface area contributed by atoms with Gasteiger partial charge in [0, 0.05) is 6.04 Å². The van der Waals surface area contributed by atoms with Gasteiger partial charge in [0.05, 0.1) is 0 Å². The minimum atomic E-state index is -0.723. The number of halogens is 1. The molecule has 2 atom stereocenters. The molecule has 1 saturated heterocycles. The number of hydrogen-bond acceptors (Lipinski definition) is 2. The van der Waals surface area contributed by atoms with Crippen molar-refractivity contribution >= 4 is 18.4 Å². The lowest BCUT2D eigenvalue weighted by molar-refractivity contribution is -0.139. The van der Waals surface area contributed by atoms with Crippen LogP contribution in [0.25, 0.3) is 0 Å². The molecular formula is C6H12ClNO2. The second-order valence-corrected chi connectivity index (χ2v) is 2.54. The molecule has 1 aliphatic rings. The van der Waals surface area contributed by atoms with Crippen LogP contribution in [0.3, 0.4) is 0 Å². The molecule has 4 heteroatoms. The first-order valence-electron chi connectivity index (χ1n) is 3.19. The summed E-state index contributed by atoms with van der Waals surface area (Å²) in [7, 11) is 0. The molecule has 0 spiro atoms. The average Bonchev–Trinajstić information content (AvgIpc) is 2.14. The van der Waals surface area contributed by atoms with Crippen LogP contribution >= 0.6 is 12.4 Å². The summed E-state index contributed by atoms with van der Waals surface area (Å²) in [6, 6.07) is 0.0890. The number of carboxylic acid groups (broad SMARTS) is 1. The Labute approximate surface area is 66.2 Å². The Morgan fingerprint density at radius 2 is 2.20 bits per heavy atom. The summed E-state index contributed by atoms with van der Waals surface area (Å²) in [5.74, 6) is -0.723. The molecule has 2 N–H and O–H groups in total. The number of aliphatic carboxylic acids is 1. The largest absolute Gasteiger partial charge is 0.480 e. The van der Waals surface area contributed by atoms with Crippen molar-refractivity contribution in [3.63, 3.8) is 0 Å².